The molecule has 1 saturated heterocycles. The quantitative estimate of drug-likeness (QED) is 0.656. The van der Waals surface area contributed by atoms with E-state index in [0.29, 0.717) is 6.61 Å². The van der Waals surface area contributed by atoms with E-state index < -0.39 is 0 Å². The summed E-state index contributed by atoms with van der Waals surface area (Å²) in [6.45, 7) is 5.14. The summed E-state index contributed by atoms with van der Waals surface area (Å²) in [7, 11) is 0. The first-order valence-electron chi connectivity index (χ1n) is 6.45. The van der Waals surface area contributed by atoms with Crippen molar-refractivity contribution in [3.05, 3.63) is 0 Å². The van der Waals surface area contributed by atoms with E-state index in [2.05, 4.69) is 10.2 Å². The Balaban J connectivity index is 1.51. The second-order valence-corrected chi connectivity index (χ2v) is 5.05. The Morgan fingerprint density at radius 3 is 2.87 bits per heavy atom. The molecule has 1 atom stereocenters. The van der Waals surface area contributed by atoms with Gasteiger partial charge in [0.2, 0.25) is 0 Å². The molecule has 0 bridgehead atoms. The highest BCUT2D eigenvalue weighted by atomic mass is 16.3. The normalized spacial score (nSPS) is 27.4. The number of aliphatic hydroxyl groups excluding tert-OH is 1. The molecule has 0 spiro atoms. The lowest BCUT2D eigenvalue weighted by Gasteiger charge is -2.15. The van der Waals surface area contributed by atoms with Gasteiger partial charge >= 0.3 is 0 Å². The Hall–Kier alpha value is -0.120. The van der Waals surface area contributed by atoms with Crippen molar-refractivity contribution in [1.29, 1.82) is 0 Å². The van der Waals surface area contributed by atoms with Crippen molar-refractivity contribution in [2.45, 2.75) is 38.1 Å². The fraction of sp³-hybridized carbons (Fsp3) is 1.00. The third-order valence-electron chi connectivity index (χ3n) is 3.57. The van der Waals surface area contributed by atoms with Gasteiger partial charge in [-0.1, -0.05) is 0 Å². The predicted octanol–water partition coefficient (Wildman–Crippen LogP) is 0.833. The number of rotatable bonds is 7. The lowest BCUT2D eigenvalue weighted by atomic mass is 10.1. The molecule has 0 aromatic heterocycles. The third kappa shape index (κ3) is 4.09. The zero-order chi connectivity index (χ0) is 10.5. The summed E-state index contributed by atoms with van der Waals surface area (Å²) < 4.78 is 0. The lowest BCUT2D eigenvalue weighted by molar-refractivity contribution is 0.243. The molecule has 0 aromatic rings. The minimum atomic E-state index is 0.338. The summed E-state index contributed by atoms with van der Waals surface area (Å²) in [5.41, 5.74) is 0. The summed E-state index contributed by atoms with van der Waals surface area (Å²) in [6.07, 6.45) is 6.43. The molecule has 0 amide bonds. The first-order chi connectivity index (χ1) is 7.38. The van der Waals surface area contributed by atoms with Gasteiger partial charge in [-0.2, -0.15) is 0 Å². The van der Waals surface area contributed by atoms with E-state index in [4.69, 9.17) is 5.11 Å². The molecule has 0 radical (unpaired) electrons. The van der Waals surface area contributed by atoms with Crippen LogP contribution in [0.4, 0.5) is 0 Å². The lowest BCUT2D eigenvalue weighted by Crippen LogP contribution is -2.24. The molecular formula is C12H24N2O. The third-order valence-corrected chi connectivity index (χ3v) is 3.57. The van der Waals surface area contributed by atoms with Crippen LogP contribution in [0, 0.1) is 5.92 Å². The van der Waals surface area contributed by atoms with Gasteiger partial charge in [-0.3, -0.25) is 0 Å². The molecule has 1 aliphatic heterocycles. The minimum Gasteiger partial charge on any atom is -0.396 e. The molecule has 1 unspecified atom stereocenters. The van der Waals surface area contributed by atoms with Crippen LogP contribution >= 0.6 is 0 Å². The van der Waals surface area contributed by atoms with Gasteiger partial charge in [-0.15, -0.1) is 0 Å². The number of nitrogens with one attached hydrogen (secondary N) is 1. The predicted molar refractivity (Wildman–Crippen MR) is 61.9 cm³/mol. The van der Waals surface area contributed by atoms with Crippen LogP contribution in [0.25, 0.3) is 0 Å². The maximum Gasteiger partial charge on any atom is 0.0443 e. The minimum absolute atomic E-state index is 0.338. The molecule has 2 rings (SSSR count). The Morgan fingerprint density at radius 1 is 1.27 bits per heavy atom. The zero-order valence-corrected chi connectivity index (χ0v) is 9.62. The summed E-state index contributed by atoms with van der Waals surface area (Å²) in [4.78, 5) is 2.50. The van der Waals surface area contributed by atoms with Crippen LogP contribution in [0.5, 0.6) is 0 Å². The molecule has 1 saturated carbocycles. The number of aliphatic hydroxyl groups is 1. The maximum atomic E-state index is 8.77. The van der Waals surface area contributed by atoms with Crippen LogP contribution in [0.3, 0.4) is 0 Å². The van der Waals surface area contributed by atoms with Crippen molar-refractivity contribution >= 4 is 0 Å². The van der Waals surface area contributed by atoms with Gasteiger partial charge in [-0.05, 0) is 51.1 Å². The number of likely N-dealkylation sites (tertiary alicyclic amines) is 1. The van der Waals surface area contributed by atoms with Crippen molar-refractivity contribution in [2.24, 2.45) is 5.92 Å². The Bertz CT molecular complexity index is 182. The van der Waals surface area contributed by atoms with Crippen LogP contribution in [-0.2, 0) is 0 Å². The average Bonchev–Trinajstić information content (AvgIpc) is 2.95. The number of nitrogens with zero attached hydrogens (tertiary/aromatic N) is 1. The van der Waals surface area contributed by atoms with E-state index in [1.807, 2.05) is 0 Å². The summed E-state index contributed by atoms with van der Waals surface area (Å²) in [6, 6.07) is 0.858. The van der Waals surface area contributed by atoms with E-state index in [9.17, 15) is 0 Å². The highest BCUT2D eigenvalue weighted by molar-refractivity contribution is 4.82. The van der Waals surface area contributed by atoms with E-state index >= 15 is 0 Å². The van der Waals surface area contributed by atoms with E-state index in [1.165, 1.54) is 45.3 Å². The van der Waals surface area contributed by atoms with Crippen LogP contribution in [0.1, 0.15) is 32.1 Å². The summed E-state index contributed by atoms with van der Waals surface area (Å²) in [5.74, 6) is 0.898. The van der Waals surface area contributed by atoms with Gasteiger partial charge in [0, 0.05) is 25.7 Å². The van der Waals surface area contributed by atoms with E-state index in [0.717, 1.165) is 24.9 Å². The Kier molecular flexibility index (Phi) is 4.42. The zero-order valence-electron chi connectivity index (χ0n) is 9.62. The maximum absolute atomic E-state index is 8.77. The van der Waals surface area contributed by atoms with E-state index in [-0.39, 0.29) is 0 Å². The smallest absolute Gasteiger partial charge is 0.0443 e. The van der Waals surface area contributed by atoms with Gasteiger partial charge in [0.1, 0.15) is 0 Å². The molecule has 15 heavy (non-hydrogen) atoms. The van der Waals surface area contributed by atoms with Crippen LogP contribution in [0.2, 0.25) is 0 Å². The monoisotopic (exact) mass is 212 g/mol. The van der Waals surface area contributed by atoms with Crippen molar-refractivity contribution in [3.8, 4) is 0 Å². The van der Waals surface area contributed by atoms with Crippen LogP contribution in [0.15, 0.2) is 0 Å². The van der Waals surface area contributed by atoms with Crippen molar-refractivity contribution in [3.63, 3.8) is 0 Å². The Morgan fingerprint density at radius 2 is 2.13 bits per heavy atom. The highest BCUT2D eigenvalue weighted by Gasteiger charge is 2.23. The molecule has 3 heteroatoms. The summed E-state index contributed by atoms with van der Waals surface area (Å²) >= 11 is 0. The van der Waals surface area contributed by atoms with Crippen molar-refractivity contribution < 1.29 is 5.11 Å². The summed E-state index contributed by atoms with van der Waals surface area (Å²) in [5, 5.41) is 12.3. The van der Waals surface area contributed by atoms with E-state index in [1.54, 1.807) is 0 Å². The van der Waals surface area contributed by atoms with Gasteiger partial charge < -0.3 is 15.3 Å². The molecular weight excluding hydrogens is 188 g/mol. The average molecular weight is 212 g/mol. The van der Waals surface area contributed by atoms with Crippen molar-refractivity contribution in [2.75, 3.05) is 32.8 Å². The molecule has 2 aliphatic rings. The van der Waals surface area contributed by atoms with Crippen LogP contribution < -0.4 is 5.32 Å². The standard InChI is InChI=1S/C12H24N2O/c15-9-1-7-14-8-5-11(10-14)4-6-13-12-2-3-12/h11-13,15H,1-10H2. The molecule has 2 N–H and O–H groups in total. The highest BCUT2D eigenvalue weighted by Crippen LogP contribution is 2.21. The van der Waals surface area contributed by atoms with Crippen molar-refractivity contribution in [1.82, 2.24) is 10.2 Å². The molecule has 0 aromatic carbocycles. The molecule has 1 aliphatic carbocycles. The first kappa shape index (κ1) is 11.4. The van der Waals surface area contributed by atoms with Gasteiger partial charge in [0.15, 0.2) is 0 Å². The SMILES string of the molecule is OCCCN1CCC(CCNC2CC2)C1. The fourth-order valence-corrected chi connectivity index (χ4v) is 2.42. The molecule has 2 fully saturated rings. The molecule has 1 heterocycles. The van der Waals surface area contributed by atoms with Crippen LogP contribution in [-0.4, -0.2) is 48.8 Å². The van der Waals surface area contributed by atoms with Gasteiger partial charge in [0.05, 0.1) is 0 Å². The molecule has 88 valence electrons. The van der Waals surface area contributed by atoms with Gasteiger partial charge in [0.25, 0.3) is 0 Å². The second kappa shape index (κ2) is 5.83. The molecule has 3 nitrogen and oxygen atoms in total. The number of hydrogen-bond acceptors (Lipinski definition) is 3. The largest absolute Gasteiger partial charge is 0.396 e. The fourth-order valence-electron chi connectivity index (χ4n) is 2.42. The number of hydrogen-bond donors (Lipinski definition) is 2. The topological polar surface area (TPSA) is 35.5 Å². The van der Waals surface area contributed by atoms with Gasteiger partial charge in [-0.25, -0.2) is 0 Å². The Labute approximate surface area is 92.8 Å². The second-order valence-electron chi connectivity index (χ2n) is 5.05. The first-order valence-corrected chi connectivity index (χ1v) is 6.45.